The van der Waals surface area contributed by atoms with Crippen LogP contribution in [0.15, 0.2) is 22.8 Å². The van der Waals surface area contributed by atoms with Gasteiger partial charge < -0.3 is 9.47 Å². The van der Waals surface area contributed by atoms with Crippen molar-refractivity contribution in [2.45, 2.75) is 31.8 Å². The Bertz CT molecular complexity index is 327. The Kier molecular flexibility index (Phi) is 2.41. The summed E-state index contributed by atoms with van der Waals surface area (Å²) in [4.78, 5) is 0. The minimum absolute atomic E-state index is 0.390. The van der Waals surface area contributed by atoms with Crippen molar-refractivity contribution in [3.63, 3.8) is 0 Å². The number of rotatable bonds is 3. The van der Waals surface area contributed by atoms with Crippen molar-refractivity contribution < 1.29 is 9.47 Å². The van der Waals surface area contributed by atoms with Gasteiger partial charge in [-0.3, -0.25) is 0 Å². The van der Waals surface area contributed by atoms with E-state index in [0.29, 0.717) is 12.0 Å². The van der Waals surface area contributed by atoms with Gasteiger partial charge in [0.05, 0.1) is 12.7 Å². The Morgan fingerprint density at radius 3 is 3.20 bits per heavy atom. The van der Waals surface area contributed by atoms with Crippen molar-refractivity contribution in [3.05, 3.63) is 22.8 Å². The number of fused-ring (bicyclic) bond motifs is 1. The Labute approximate surface area is 90.9 Å². The van der Waals surface area contributed by atoms with Crippen LogP contribution in [0.25, 0.3) is 0 Å². The summed E-state index contributed by atoms with van der Waals surface area (Å²) in [5.41, 5.74) is 4.61. The summed E-state index contributed by atoms with van der Waals surface area (Å²) in [6.07, 6.45) is 7.88. The lowest BCUT2D eigenvalue weighted by Gasteiger charge is -2.37. The first-order chi connectivity index (χ1) is 7.42. The second-order valence-electron chi connectivity index (χ2n) is 4.68. The van der Waals surface area contributed by atoms with E-state index in [4.69, 9.17) is 9.47 Å². The van der Waals surface area contributed by atoms with E-state index >= 15 is 0 Å². The summed E-state index contributed by atoms with van der Waals surface area (Å²) in [6, 6.07) is 0. The van der Waals surface area contributed by atoms with Crippen molar-refractivity contribution in [2.75, 3.05) is 20.3 Å². The van der Waals surface area contributed by atoms with E-state index in [0.717, 1.165) is 13.2 Å². The summed E-state index contributed by atoms with van der Waals surface area (Å²) in [6.45, 7) is 1.69. The molecular weight excluding hydrogens is 188 g/mol. The van der Waals surface area contributed by atoms with E-state index in [-0.39, 0.29) is 0 Å². The lowest BCUT2D eigenvalue weighted by molar-refractivity contribution is 0.0879. The van der Waals surface area contributed by atoms with Gasteiger partial charge in [-0.05, 0) is 42.4 Å². The highest BCUT2D eigenvalue weighted by molar-refractivity contribution is 5.50. The van der Waals surface area contributed by atoms with Crippen molar-refractivity contribution in [3.8, 4) is 0 Å². The van der Waals surface area contributed by atoms with Crippen LogP contribution in [0.4, 0.5) is 0 Å². The molecule has 0 radical (unpaired) electrons. The third-order valence-corrected chi connectivity index (χ3v) is 3.84. The second-order valence-corrected chi connectivity index (χ2v) is 4.68. The maximum absolute atomic E-state index is 5.74. The highest BCUT2D eigenvalue weighted by atomic mass is 16.5. The van der Waals surface area contributed by atoms with E-state index in [1.54, 1.807) is 18.3 Å². The van der Waals surface area contributed by atoms with Crippen LogP contribution >= 0.6 is 0 Å². The average Bonchev–Trinajstić information content (AvgIpc) is 2.85. The van der Waals surface area contributed by atoms with Crippen molar-refractivity contribution in [1.82, 2.24) is 0 Å². The zero-order chi connectivity index (χ0) is 10.3. The summed E-state index contributed by atoms with van der Waals surface area (Å²) in [5.74, 6) is 0.694. The number of allylic oxidation sites excluding steroid dienone is 2. The molecule has 0 N–H and O–H groups in total. The average molecular weight is 206 g/mol. The van der Waals surface area contributed by atoms with Crippen molar-refractivity contribution in [2.24, 2.45) is 5.92 Å². The van der Waals surface area contributed by atoms with Gasteiger partial charge in [0.15, 0.2) is 0 Å². The minimum atomic E-state index is 0.390. The zero-order valence-corrected chi connectivity index (χ0v) is 9.29. The number of methoxy groups -OCH3 is 1. The first kappa shape index (κ1) is 9.61. The van der Waals surface area contributed by atoms with Crippen LogP contribution in [0.5, 0.6) is 0 Å². The zero-order valence-electron chi connectivity index (χ0n) is 9.29. The molecule has 2 unspecified atom stereocenters. The molecule has 2 aliphatic carbocycles. The maximum Gasteiger partial charge on any atom is 0.0882 e. The van der Waals surface area contributed by atoms with Gasteiger partial charge in [0.2, 0.25) is 0 Å². The van der Waals surface area contributed by atoms with Crippen molar-refractivity contribution >= 4 is 0 Å². The molecule has 0 aromatic carbocycles. The van der Waals surface area contributed by atoms with E-state index < -0.39 is 0 Å². The lowest BCUT2D eigenvalue weighted by Crippen LogP contribution is -2.35. The third-order valence-electron chi connectivity index (χ3n) is 3.84. The SMILES string of the molecule is COCC1=C(C2=CCCC2)C2CCOC12. The topological polar surface area (TPSA) is 18.5 Å². The predicted octanol–water partition coefficient (Wildman–Crippen LogP) is 2.46. The maximum atomic E-state index is 5.74. The quantitative estimate of drug-likeness (QED) is 0.706. The van der Waals surface area contributed by atoms with Crippen LogP contribution in [0.3, 0.4) is 0 Å². The van der Waals surface area contributed by atoms with Crippen LogP contribution in [-0.2, 0) is 9.47 Å². The largest absolute Gasteiger partial charge is 0.380 e. The smallest absolute Gasteiger partial charge is 0.0882 e. The van der Waals surface area contributed by atoms with Gasteiger partial charge in [-0.1, -0.05) is 6.08 Å². The molecule has 1 saturated heterocycles. The lowest BCUT2D eigenvalue weighted by atomic mass is 9.71. The number of hydrogen-bond donors (Lipinski definition) is 0. The van der Waals surface area contributed by atoms with Crippen LogP contribution in [0.1, 0.15) is 25.7 Å². The van der Waals surface area contributed by atoms with Crippen LogP contribution in [0, 0.1) is 5.92 Å². The molecule has 0 amide bonds. The minimum Gasteiger partial charge on any atom is -0.380 e. The van der Waals surface area contributed by atoms with E-state index in [1.165, 1.54) is 31.3 Å². The summed E-state index contributed by atoms with van der Waals surface area (Å²) in [7, 11) is 1.77. The van der Waals surface area contributed by atoms with Gasteiger partial charge in [-0.2, -0.15) is 0 Å². The molecule has 0 aromatic rings. The molecule has 2 heteroatoms. The number of ether oxygens (including phenoxy) is 2. The summed E-state index contributed by atoms with van der Waals surface area (Å²) >= 11 is 0. The monoisotopic (exact) mass is 206 g/mol. The molecule has 1 fully saturated rings. The molecule has 0 aromatic heterocycles. The Morgan fingerprint density at radius 2 is 2.47 bits per heavy atom. The summed E-state index contributed by atoms with van der Waals surface area (Å²) < 4.78 is 11.0. The molecule has 0 saturated carbocycles. The normalized spacial score (nSPS) is 34.1. The second kappa shape index (κ2) is 3.76. The van der Waals surface area contributed by atoms with Gasteiger partial charge >= 0.3 is 0 Å². The van der Waals surface area contributed by atoms with Crippen LogP contribution in [-0.4, -0.2) is 26.4 Å². The van der Waals surface area contributed by atoms with Crippen LogP contribution in [0.2, 0.25) is 0 Å². The first-order valence-corrected chi connectivity index (χ1v) is 5.94. The third kappa shape index (κ3) is 1.39. The van der Waals surface area contributed by atoms with Crippen LogP contribution < -0.4 is 0 Å². The first-order valence-electron chi connectivity index (χ1n) is 5.94. The standard InChI is InChI=1S/C13H18O2/c1-14-8-11-12(9-4-2-3-5-9)10-6-7-15-13(10)11/h4,10,13H,2-3,5-8H2,1H3. The highest BCUT2D eigenvalue weighted by Crippen LogP contribution is 2.49. The molecule has 15 heavy (non-hydrogen) atoms. The Morgan fingerprint density at radius 1 is 1.53 bits per heavy atom. The Hall–Kier alpha value is -0.600. The van der Waals surface area contributed by atoms with E-state index in [2.05, 4.69) is 6.08 Å². The van der Waals surface area contributed by atoms with E-state index in [9.17, 15) is 0 Å². The fourth-order valence-electron chi connectivity index (χ4n) is 3.20. The molecule has 3 rings (SSSR count). The number of hydrogen-bond acceptors (Lipinski definition) is 2. The van der Waals surface area contributed by atoms with Gasteiger partial charge in [-0.25, -0.2) is 0 Å². The molecule has 2 nitrogen and oxygen atoms in total. The highest BCUT2D eigenvalue weighted by Gasteiger charge is 2.45. The molecular formula is C13H18O2. The van der Waals surface area contributed by atoms with Crippen molar-refractivity contribution in [1.29, 1.82) is 0 Å². The fraction of sp³-hybridized carbons (Fsp3) is 0.692. The molecule has 0 spiro atoms. The molecule has 2 atom stereocenters. The van der Waals surface area contributed by atoms with E-state index in [1.807, 2.05) is 0 Å². The summed E-state index contributed by atoms with van der Waals surface area (Å²) in [5, 5.41) is 0. The molecule has 1 aliphatic heterocycles. The fourth-order valence-corrected chi connectivity index (χ4v) is 3.20. The molecule has 3 aliphatic rings. The molecule has 82 valence electrons. The van der Waals surface area contributed by atoms with Gasteiger partial charge in [0.25, 0.3) is 0 Å². The molecule has 0 bridgehead atoms. The Balaban J connectivity index is 1.88. The van der Waals surface area contributed by atoms with Gasteiger partial charge in [-0.15, -0.1) is 0 Å². The predicted molar refractivity (Wildman–Crippen MR) is 58.7 cm³/mol. The van der Waals surface area contributed by atoms with Gasteiger partial charge in [0, 0.05) is 19.6 Å². The molecule has 1 heterocycles. The van der Waals surface area contributed by atoms with Gasteiger partial charge in [0.1, 0.15) is 0 Å².